The summed E-state index contributed by atoms with van der Waals surface area (Å²) >= 11 is 0. The van der Waals surface area contributed by atoms with Crippen LogP contribution in [-0.4, -0.2) is 39.0 Å². The van der Waals surface area contributed by atoms with Gasteiger partial charge in [-0.3, -0.25) is 18.9 Å². The maximum atomic E-state index is 15.4. The van der Waals surface area contributed by atoms with Gasteiger partial charge in [0.1, 0.15) is 17.7 Å². The number of nitrogens with zero attached hydrogens (tertiary/aromatic N) is 1. The second-order valence-electron chi connectivity index (χ2n) is 10.9. The second kappa shape index (κ2) is 12.5. The quantitative estimate of drug-likeness (QED) is 0.328. The topological polar surface area (TPSA) is 132 Å². The molecule has 39 heavy (non-hydrogen) atoms. The van der Waals surface area contributed by atoms with Crippen molar-refractivity contribution in [3.63, 3.8) is 0 Å². The number of fused-ring (bicyclic) bond motifs is 1. The molecule has 1 aliphatic rings. The highest BCUT2D eigenvalue weighted by Gasteiger charge is 2.44. The Hall–Kier alpha value is -2.21. The number of methoxy groups -OCH3 is 1. The summed E-state index contributed by atoms with van der Waals surface area (Å²) in [5.41, 5.74) is -1.55. The van der Waals surface area contributed by atoms with E-state index in [0.717, 1.165) is 4.57 Å². The summed E-state index contributed by atoms with van der Waals surface area (Å²) in [5, 5.41) is 21.3. The molecule has 0 radical (unpaired) electrons. The molecule has 0 spiro atoms. The van der Waals surface area contributed by atoms with E-state index in [-0.39, 0.29) is 30.9 Å². The molecule has 1 aromatic heterocycles. The minimum Gasteiger partial charge on any atom is -0.426 e. The molecule has 2 heterocycles. The van der Waals surface area contributed by atoms with E-state index < -0.39 is 54.4 Å². The molecule has 1 aromatic carbocycles. The smallest absolute Gasteiger partial charge is 0.402 e. The van der Waals surface area contributed by atoms with Crippen molar-refractivity contribution in [3.8, 4) is 5.75 Å². The molecule has 0 aliphatic carbocycles. The van der Waals surface area contributed by atoms with E-state index in [1.165, 1.54) is 7.11 Å². The van der Waals surface area contributed by atoms with Crippen LogP contribution in [0.25, 0.3) is 0 Å². The summed E-state index contributed by atoms with van der Waals surface area (Å²) in [6, 6.07) is 1.75. The van der Waals surface area contributed by atoms with Crippen LogP contribution in [0.5, 0.6) is 5.75 Å². The normalized spacial score (nSPS) is 16.6. The van der Waals surface area contributed by atoms with Crippen LogP contribution in [0.1, 0.15) is 78.5 Å². The third kappa shape index (κ3) is 7.71. The van der Waals surface area contributed by atoms with E-state index in [9.17, 15) is 24.2 Å². The average molecular weight is 577 g/mol. The Morgan fingerprint density at radius 3 is 2.23 bits per heavy atom. The molecule has 0 saturated carbocycles. The van der Waals surface area contributed by atoms with E-state index in [0.29, 0.717) is 17.3 Å². The first-order chi connectivity index (χ1) is 18.0. The molecule has 3 rings (SSSR count). The number of hydrogen-bond acceptors (Lipinski definition) is 8. The molecule has 0 saturated heterocycles. The van der Waals surface area contributed by atoms with Gasteiger partial charge in [0.05, 0.1) is 18.4 Å². The van der Waals surface area contributed by atoms with Crippen LogP contribution < -0.4 is 15.8 Å². The van der Waals surface area contributed by atoms with E-state index in [4.69, 9.17) is 18.3 Å². The van der Waals surface area contributed by atoms with Crippen molar-refractivity contribution < 1.29 is 37.3 Å². The van der Waals surface area contributed by atoms with Gasteiger partial charge in [0.2, 0.25) is 5.82 Å². The number of aromatic amines is 1. The predicted octanol–water partition coefficient (Wildman–Crippen LogP) is 4.33. The number of aromatic nitrogens is 2. The highest BCUT2D eigenvalue weighted by Crippen LogP contribution is 2.54. The molecule has 0 fully saturated rings. The Morgan fingerprint density at radius 2 is 1.69 bits per heavy atom. The Kier molecular flexibility index (Phi) is 10.6. The summed E-state index contributed by atoms with van der Waals surface area (Å²) < 4.78 is 51.6. The van der Waals surface area contributed by atoms with E-state index in [1.807, 2.05) is 60.4 Å². The molecular weight excluding hydrogens is 537 g/mol. The number of halogens is 2. The number of H-pyrrole nitrogens is 1. The molecule has 13 heteroatoms. The first-order valence-electron chi connectivity index (χ1n) is 12.6. The summed E-state index contributed by atoms with van der Waals surface area (Å²) in [5.74, 6) is -4.37. The van der Waals surface area contributed by atoms with Crippen LogP contribution in [0.4, 0.5) is 8.78 Å². The van der Waals surface area contributed by atoms with Crippen molar-refractivity contribution in [2.24, 2.45) is 0 Å². The fraction of sp³-hybridized carbons (Fsp3) is 0.615. The lowest BCUT2D eigenvalue weighted by molar-refractivity contribution is -0.345. The van der Waals surface area contributed by atoms with Crippen LogP contribution in [0, 0.1) is 11.6 Å². The van der Waals surface area contributed by atoms with Crippen molar-refractivity contribution in [1.29, 1.82) is 0 Å². The van der Waals surface area contributed by atoms with Gasteiger partial charge in [0.15, 0.2) is 0 Å². The number of nitrogens with one attached hydrogen (secondary N) is 1. The summed E-state index contributed by atoms with van der Waals surface area (Å²) in [4.78, 5) is 24.9. The molecule has 0 bridgehead atoms. The fourth-order valence-corrected chi connectivity index (χ4v) is 4.90. The second-order valence-corrected chi connectivity index (χ2v) is 11.9. The maximum absolute atomic E-state index is 15.4. The van der Waals surface area contributed by atoms with Gasteiger partial charge in [0.25, 0.3) is 5.56 Å². The van der Waals surface area contributed by atoms with E-state index >= 15 is 4.39 Å². The number of aryl methyl sites for hydroxylation is 1. The van der Waals surface area contributed by atoms with Crippen molar-refractivity contribution in [2.75, 3.05) is 7.11 Å². The van der Waals surface area contributed by atoms with Gasteiger partial charge in [-0.1, -0.05) is 55.4 Å². The standard InChI is InChI=1S/C24H33F2N2O8P.C2H6/c1-22(2,3)14-10-15(23(4,5)6)19-13(18(14)26)12-34-37(35-19)36-24(31,32)17(33-7)8-9-28-11-16(25)20(29)27-21(28)30;1-2/h10-11,17,31-32H,8-9,12H2,1-7H3,(H,27,29,30);1-2H3. The lowest BCUT2D eigenvalue weighted by Crippen LogP contribution is -2.46. The Bertz CT molecular complexity index is 1260. The molecule has 3 N–H and O–H groups in total. The first kappa shape index (κ1) is 33.0. The van der Waals surface area contributed by atoms with Gasteiger partial charge in [-0.25, -0.2) is 13.7 Å². The Morgan fingerprint density at radius 1 is 1.10 bits per heavy atom. The van der Waals surface area contributed by atoms with Crippen LogP contribution >= 0.6 is 8.60 Å². The first-order valence-corrected chi connectivity index (χ1v) is 13.7. The highest BCUT2D eigenvalue weighted by atomic mass is 31.2. The third-order valence-corrected chi connectivity index (χ3v) is 7.01. The molecule has 2 unspecified atom stereocenters. The number of rotatable bonds is 7. The molecule has 220 valence electrons. The molecule has 1 aliphatic heterocycles. The molecular formula is C26H39F2N2O8P. The van der Waals surface area contributed by atoms with Crippen LogP contribution in [0.15, 0.2) is 21.9 Å². The van der Waals surface area contributed by atoms with Crippen LogP contribution in [-0.2, 0) is 37.8 Å². The minimum atomic E-state index is -2.95. The Labute approximate surface area is 227 Å². The molecule has 10 nitrogen and oxygen atoms in total. The lowest BCUT2D eigenvalue weighted by Gasteiger charge is -2.36. The van der Waals surface area contributed by atoms with Gasteiger partial charge in [-0.15, -0.1) is 0 Å². The number of ether oxygens (including phenoxy) is 1. The van der Waals surface area contributed by atoms with Crippen LogP contribution in [0.3, 0.4) is 0 Å². The maximum Gasteiger partial charge on any atom is 0.402 e. The highest BCUT2D eigenvalue weighted by molar-refractivity contribution is 7.42. The van der Waals surface area contributed by atoms with Crippen molar-refractivity contribution in [2.45, 2.75) is 97.9 Å². The zero-order valence-corrected chi connectivity index (χ0v) is 24.7. The minimum absolute atomic E-state index is 0.212. The van der Waals surface area contributed by atoms with Gasteiger partial charge >= 0.3 is 20.3 Å². The van der Waals surface area contributed by atoms with Gasteiger partial charge in [-0.2, -0.15) is 4.39 Å². The zero-order valence-electron chi connectivity index (χ0n) is 23.8. The average Bonchev–Trinajstić information content (AvgIpc) is 2.82. The third-order valence-electron chi connectivity index (χ3n) is 5.92. The Balaban J connectivity index is 0.00000260. The van der Waals surface area contributed by atoms with Gasteiger partial charge < -0.3 is 19.5 Å². The van der Waals surface area contributed by atoms with Crippen molar-refractivity contribution in [3.05, 3.63) is 61.4 Å². The largest absolute Gasteiger partial charge is 0.426 e. The molecule has 2 aromatic rings. The van der Waals surface area contributed by atoms with E-state index in [2.05, 4.69) is 0 Å². The predicted molar refractivity (Wildman–Crippen MR) is 142 cm³/mol. The molecule has 2 atom stereocenters. The van der Waals surface area contributed by atoms with E-state index in [1.54, 1.807) is 6.07 Å². The zero-order chi connectivity index (χ0) is 29.9. The van der Waals surface area contributed by atoms with Gasteiger partial charge in [0, 0.05) is 19.2 Å². The van der Waals surface area contributed by atoms with Crippen molar-refractivity contribution in [1.82, 2.24) is 9.55 Å². The monoisotopic (exact) mass is 576 g/mol. The molecule has 0 amide bonds. The summed E-state index contributed by atoms with van der Waals surface area (Å²) in [7, 11) is -1.22. The fourth-order valence-electron chi connectivity index (χ4n) is 3.83. The van der Waals surface area contributed by atoms with Gasteiger partial charge in [-0.05, 0) is 28.9 Å². The number of hydrogen-bond donors (Lipinski definition) is 3. The number of aliphatic hydroxyl groups is 2. The SMILES string of the molecule is CC.COC(CCn1cc(F)c(=O)[nH]c1=O)C(O)(O)OP1OCc2c(F)c(C(C)(C)C)cc(C(C)(C)C)c2O1. The van der Waals surface area contributed by atoms with Crippen LogP contribution in [0.2, 0.25) is 0 Å². The number of benzene rings is 1. The summed E-state index contributed by atoms with van der Waals surface area (Å²) in [6.07, 6.45) is -0.966. The lowest BCUT2D eigenvalue weighted by atomic mass is 9.78. The van der Waals surface area contributed by atoms with Crippen molar-refractivity contribution >= 4 is 8.60 Å². The summed E-state index contributed by atoms with van der Waals surface area (Å²) in [6.45, 7) is 15.1.